The van der Waals surface area contributed by atoms with E-state index in [9.17, 15) is 0 Å². The van der Waals surface area contributed by atoms with E-state index in [1.165, 1.54) is 37.8 Å². The first-order chi connectivity index (χ1) is 11.7. The fraction of sp³-hybridized carbons (Fsp3) is 0.722. The van der Waals surface area contributed by atoms with Crippen molar-refractivity contribution in [3.8, 4) is 0 Å². The van der Waals surface area contributed by atoms with Crippen molar-refractivity contribution < 1.29 is 0 Å². The standard InChI is InChI=1S/C18H28N6/c1-14(2)16-12-17(18-20-19-13-24(18)21-16)23-10-8-22(9-11-23)15-6-4-3-5-7-15/h12-15H,3-11H2,1-2H3. The molecule has 0 radical (unpaired) electrons. The van der Waals surface area contributed by atoms with E-state index in [4.69, 9.17) is 0 Å². The molecule has 1 aliphatic carbocycles. The molecular formula is C18H28N6. The Labute approximate surface area is 143 Å². The molecule has 6 nitrogen and oxygen atoms in total. The first-order valence-corrected chi connectivity index (χ1v) is 9.42. The molecule has 24 heavy (non-hydrogen) atoms. The Balaban J connectivity index is 1.52. The molecule has 6 heteroatoms. The monoisotopic (exact) mass is 328 g/mol. The van der Waals surface area contributed by atoms with Gasteiger partial charge in [0, 0.05) is 32.2 Å². The second-order valence-electron chi connectivity index (χ2n) is 7.52. The average molecular weight is 328 g/mol. The maximum Gasteiger partial charge on any atom is 0.200 e. The number of fused-ring (bicyclic) bond motifs is 1. The predicted octanol–water partition coefficient (Wildman–Crippen LogP) is 2.70. The van der Waals surface area contributed by atoms with Crippen LogP contribution in [0.3, 0.4) is 0 Å². The third-order valence-electron chi connectivity index (χ3n) is 5.60. The van der Waals surface area contributed by atoms with Gasteiger partial charge in [-0.25, -0.2) is 0 Å². The van der Waals surface area contributed by atoms with Crippen molar-refractivity contribution in [2.45, 2.75) is 57.9 Å². The second kappa shape index (κ2) is 6.67. The molecule has 1 saturated carbocycles. The van der Waals surface area contributed by atoms with Crippen molar-refractivity contribution in [1.29, 1.82) is 0 Å². The van der Waals surface area contributed by atoms with Crippen LogP contribution in [0.1, 0.15) is 57.6 Å². The van der Waals surface area contributed by atoms with Gasteiger partial charge in [0.2, 0.25) is 5.65 Å². The second-order valence-corrected chi connectivity index (χ2v) is 7.52. The molecule has 1 saturated heterocycles. The van der Waals surface area contributed by atoms with Crippen LogP contribution in [0.2, 0.25) is 0 Å². The van der Waals surface area contributed by atoms with E-state index in [0.717, 1.165) is 43.6 Å². The van der Waals surface area contributed by atoms with Crippen LogP contribution in [0, 0.1) is 0 Å². The van der Waals surface area contributed by atoms with E-state index in [0.29, 0.717) is 5.92 Å². The summed E-state index contributed by atoms with van der Waals surface area (Å²) in [7, 11) is 0. The van der Waals surface area contributed by atoms with E-state index in [1.807, 2.05) is 4.52 Å². The van der Waals surface area contributed by atoms with E-state index >= 15 is 0 Å². The fourth-order valence-electron chi connectivity index (χ4n) is 4.12. The van der Waals surface area contributed by atoms with Crippen molar-refractivity contribution in [3.05, 3.63) is 18.1 Å². The zero-order valence-electron chi connectivity index (χ0n) is 14.9. The molecule has 1 aliphatic heterocycles. The molecule has 0 atom stereocenters. The Morgan fingerprint density at radius 1 is 1.04 bits per heavy atom. The van der Waals surface area contributed by atoms with Gasteiger partial charge in [0.25, 0.3) is 0 Å². The molecule has 2 aromatic rings. The summed E-state index contributed by atoms with van der Waals surface area (Å²) in [5.74, 6) is 0.402. The SMILES string of the molecule is CC(C)c1cc(N2CCN(C3CCCCC3)CC2)c2nncn2n1. The number of piperazine rings is 1. The lowest BCUT2D eigenvalue weighted by Crippen LogP contribution is -2.51. The third kappa shape index (κ3) is 2.99. The molecule has 130 valence electrons. The first-order valence-electron chi connectivity index (χ1n) is 9.42. The van der Waals surface area contributed by atoms with Gasteiger partial charge in [-0.1, -0.05) is 33.1 Å². The third-order valence-corrected chi connectivity index (χ3v) is 5.60. The van der Waals surface area contributed by atoms with Crippen LogP contribution < -0.4 is 4.90 Å². The molecule has 0 bridgehead atoms. The molecular weight excluding hydrogens is 300 g/mol. The normalized spacial score (nSPS) is 21.0. The highest BCUT2D eigenvalue weighted by molar-refractivity contribution is 5.68. The molecule has 0 aromatic carbocycles. The van der Waals surface area contributed by atoms with E-state index in [-0.39, 0.29) is 0 Å². The summed E-state index contributed by atoms with van der Waals surface area (Å²) in [6, 6.07) is 3.03. The largest absolute Gasteiger partial charge is 0.366 e. The molecule has 2 aromatic heterocycles. The van der Waals surface area contributed by atoms with E-state index < -0.39 is 0 Å². The number of hydrogen-bond donors (Lipinski definition) is 0. The Hall–Kier alpha value is -1.69. The lowest BCUT2D eigenvalue weighted by molar-refractivity contribution is 0.148. The molecule has 4 rings (SSSR count). The minimum Gasteiger partial charge on any atom is -0.366 e. The van der Waals surface area contributed by atoms with Crippen LogP contribution in [0.5, 0.6) is 0 Å². The van der Waals surface area contributed by atoms with Crippen molar-refractivity contribution >= 4 is 11.3 Å². The highest BCUT2D eigenvalue weighted by Gasteiger charge is 2.26. The van der Waals surface area contributed by atoms with Crippen LogP contribution in [0.15, 0.2) is 12.4 Å². The van der Waals surface area contributed by atoms with Crippen LogP contribution in [-0.4, -0.2) is 56.9 Å². The van der Waals surface area contributed by atoms with Crippen molar-refractivity contribution in [2.75, 3.05) is 31.1 Å². The topological polar surface area (TPSA) is 49.6 Å². The molecule has 0 unspecified atom stereocenters. The zero-order chi connectivity index (χ0) is 16.5. The summed E-state index contributed by atoms with van der Waals surface area (Å²) in [6.07, 6.45) is 8.74. The minimum absolute atomic E-state index is 0.402. The Morgan fingerprint density at radius 2 is 1.79 bits per heavy atom. The number of aromatic nitrogens is 4. The van der Waals surface area contributed by atoms with Gasteiger partial charge >= 0.3 is 0 Å². The van der Waals surface area contributed by atoms with Gasteiger partial charge in [0.05, 0.1) is 11.4 Å². The van der Waals surface area contributed by atoms with Gasteiger partial charge in [0.15, 0.2) is 0 Å². The first kappa shape index (κ1) is 15.8. The van der Waals surface area contributed by atoms with Crippen LogP contribution in [0.25, 0.3) is 5.65 Å². The minimum atomic E-state index is 0.402. The Morgan fingerprint density at radius 3 is 2.50 bits per heavy atom. The van der Waals surface area contributed by atoms with Crippen molar-refractivity contribution in [1.82, 2.24) is 24.7 Å². The number of nitrogens with zero attached hydrogens (tertiary/aromatic N) is 6. The summed E-state index contributed by atoms with van der Waals surface area (Å²) in [5.41, 5.74) is 3.17. The van der Waals surface area contributed by atoms with Gasteiger partial charge in [-0.05, 0) is 24.8 Å². The Kier molecular flexibility index (Phi) is 4.39. The summed E-state index contributed by atoms with van der Waals surface area (Å²) in [4.78, 5) is 5.18. The summed E-state index contributed by atoms with van der Waals surface area (Å²) >= 11 is 0. The highest BCUT2D eigenvalue weighted by Crippen LogP contribution is 2.27. The summed E-state index contributed by atoms with van der Waals surface area (Å²) in [5, 5.41) is 13.0. The lowest BCUT2D eigenvalue weighted by Gasteiger charge is -2.41. The molecule has 2 fully saturated rings. The quantitative estimate of drug-likeness (QED) is 0.867. The lowest BCUT2D eigenvalue weighted by atomic mass is 9.94. The van der Waals surface area contributed by atoms with Crippen LogP contribution in [-0.2, 0) is 0 Å². The molecule has 0 N–H and O–H groups in total. The number of anilines is 1. The van der Waals surface area contributed by atoms with Gasteiger partial charge < -0.3 is 4.90 Å². The van der Waals surface area contributed by atoms with E-state index in [1.54, 1.807) is 6.33 Å². The zero-order valence-corrected chi connectivity index (χ0v) is 14.9. The smallest absolute Gasteiger partial charge is 0.200 e. The van der Waals surface area contributed by atoms with Crippen molar-refractivity contribution in [3.63, 3.8) is 0 Å². The van der Waals surface area contributed by atoms with Gasteiger partial charge in [0.1, 0.15) is 6.33 Å². The Bertz CT molecular complexity index is 680. The van der Waals surface area contributed by atoms with E-state index in [2.05, 4.69) is 45.0 Å². The maximum atomic E-state index is 4.63. The predicted molar refractivity (Wildman–Crippen MR) is 95.5 cm³/mol. The summed E-state index contributed by atoms with van der Waals surface area (Å²) < 4.78 is 1.83. The number of hydrogen-bond acceptors (Lipinski definition) is 5. The van der Waals surface area contributed by atoms with Crippen LogP contribution in [0.4, 0.5) is 5.69 Å². The van der Waals surface area contributed by atoms with Gasteiger partial charge in [-0.3, -0.25) is 4.90 Å². The van der Waals surface area contributed by atoms with Crippen molar-refractivity contribution in [2.24, 2.45) is 0 Å². The van der Waals surface area contributed by atoms with Gasteiger partial charge in [-0.2, -0.15) is 9.61 Å². The maximum absolute atomic E-state index is 4.63. The molecule has 3 heterocycles. The fourth-order valence-corrected chi connectivity index (χ4v) is 4.12. The average Bonchev–Trinajstić information content (AvgIpc) is 3.10. The molecule has 2 aliphatic rings. The van der Waals surface area contributed by atoms with Gasteiger partial charge in [-0.15, -0.1) is 10.2 Å². The summed E-state index contributed by atoms with van der Waals surface area (Å²) in [6.45, 7) is 8.82. The number of rotatable bonds is 3. The highest BCUT2D eigenvalue weighted by atomic mass is 15.4. The molecule has 0 amide bonds. The molecule has 0 spiro atoms. The van der Waals surface area contributed by atoms with Crippen LogP contribution >= 0.6 is 0 Å².